The van der Waals surface area contributed by atoms with Crippen molar-refractivity contribution in [2.24, 2.45) is 0 Å². The van der Waals surface area contributed by atoms with Gasteiger partial charge in [-0.3, -0.25) is 4.55 Å². The molecule has 2 aromatic rings. The second-order valence-electron chi connectivity index (χ2n) is 4.77. The normalized spacial score (nSPS) is 12.8. The van der Waals surface area contributed by atoms with Gasteiger partial charge in [0, 0.05) is 11.5 Å². The fourth-order valence-electron chi connectivity index (χ4n) is 2.18. The Morgan fingerprint density at radius 1 is 1.00 bits per heavy atom. The quantitative estimate of drug-likeness (QED) is 0.626. The maximum Gasteiger partial charge on any atom is 0.397 e. The summed E-state index contributed by atoms with van der Waals surface area (Å²) in [6, 6.07) is 17.6. The minimum absolute atomic E-state index is 0.0261. The lowest BCUT2D eigenvalue weighted by molar-refractivity contribution is 0.200. The average Bonchev–Trinajstić information content (AvgIpc) is 2.51. The van der Waals surface area contributed by atoms with Gasteiger partial charge in [-0.25, -0.2) is 4.18 Å². The van der Waals surface area contributed by atoms with E-state index in [1.807, 2.05) is 54.6 Å². The standard InChI is InChI=1S/C16H18O5S/c1-13(14-7-3-2-4-8-14)15-9-5-6-10-16(15)20-11-12-21-22(17,18)19/h2-10,13H,11-12H2,1H3,(H,17,18,19). The van der Waals surface area contributed by atoms with Gasteiger partial charge >= 0.3 is 10.4 Å². The highest BCUT2D eigenvalue weighted by Gasteiger charge is 2.13. The lowest BCUT2D eigenvalue weighted by atomic mass is 9.92. The number of hydrogen-bond donors (Lipinski definition) is 1. The maximum absolute atomic E-state index is 10.5. The van der Waals surface area contributed by atoms with Crippen molar-refractivity contribution < 1.29 is 21.9 Å². The summed E-state index contributed by atoms with van der Waals surface area (Å²) >= 11 is 0. The third-order valence-corrected chi connectivity index (χ3v) is 3.72. The van der Waals surface area contributed by atoms with Crippen molar-refractivity contribution >= 4 is 10.4 Å². The Balaban J connectivity index is 2.07. The van der Waals surface area contributed by atoms with E-state index < -0.39 is 10.4 Å². The van der Waals surface area contributed by atoms with Crippen LogP contribution in [0.4, 0.5) is 0 Å². The molecule has 6 heteroatoms. The molecule has 0 aromatic heterocycles. The lowest BCUT2D eigenvalue weighted by Gasteiger charge is -2.17. The van der Waals surface area contributed by atoms with Crippen LogP contribution in [0.1, 0.15) is 24.0 Å². The molecule has 2 rings (SSSR count). The first-order valence-corrected chi connectivity index (χ1v) is 8.22. The van der Waals surface area contributed by atoms with E-state index in [4.69, 9.17) is 9.29 Å². The van der Waals surface area contributed by atoms with E-state index in [0.717, 1.165) is 11.1 Å². The Labute approximate surface area is 130 Å². The van der Waals surface area contributed by atoms with Crippen LogP contribution >= 0.6 is 0 Å². The van der Waals surface area contributed by atoms with Crippen molar-refractivity contribution in [3.8, 4) is 5.75 Å². The van der Waals surface area contributed by atoms with Crippen molar-refractivity contribution in [2.45, 2.75) is 12.8 Å². The minimum Gasteiger partial charge on any atom is -0.491 e. The first-order valence-electron chi connectivity index (χ1n) is 6.86. The summed E-state index contributed by atoms with van der Waals surface area (Å²) in [4.78, 5) is 0. The summed E-state index contributed by atoms with van der Waals surface area (Å²) in [6.45, 7) is 1.86. The summed E-state index contributed by atoms with van der Waals surface area (Å²) in [5, 5.41) is 0. The van der Waals surface area contributed by atoms with Crippen LogP contribution in [0, 0.1) is 0 Å². The Bertz CT molecular complexity index is 697. The van der Waals surface area contributed by atoms with Crippen LogP contribution < -0.4 is 4.74 Å². The highest BCUT2D eigenvalue weighted by atomic mass is 32.3. The van der Waals surface area contributed by atoms with E-state index in [9.17, 15) is 8.42 Å². The summed E-state index contributed by atoms with van der Waals surface area (Å²) in [5.74, 6) is 0.803. The summed E-state index contributed by atoms with van der Waals surface area (Å²) in [7, 11) is -4.43. The second kappa shape index (κ2) is 7.40. The van der Waals surface area contributed by atoms with Crippen molar-refractivity contribution in [3.63, 3.8) is 0 Å². The molecule has 0 heterocycles. The average molecular weight is 322 g/mol. The van der Waals surface area contributed by atoms with Crippen LogP contribution in [0.15, 0.2) is 54.6 Å². The molecule has 0 amide bonds. The molecule has 0 radical (unpaired) electrons. The van der Waals surface area contributed by atoms with Crippen LogP contribution in [0.2, 0.25) is 0 Å². The molecule has 1 atom stereocenters. The Kier molecular flexibility index (Phi) is 5.54. The smallest absolute Gasteiger partial charge is 0.397 e. The molecule has 118 valence electrons. The Hall–Kier alpha value is -1.89. The van der Waals surface area contributed by atoms with Gasteiger partial charge in [0.1, 0.15) is 19.0 Å². The lowest BCUT2D eigenvalue weighted by Crippen LogP contribution is -2.12. The molecule has 1 unspecified atom stereocenters. The van der Waals surface area contributed by atoms with E-state index >= 15 is 0 Å². The molecule has 0 aliphatic carbocycles. The monoisotopic (exact) mass is 322 g/mol. The van der Waals surface area contributed by atoms with Crippen LogP contribution in [-0.4, -0.2) is 26.2 Å². The van der Waals surface area contributed by atoms with Gasteiger partial charge in [-0.1, -0.05) is 55.5 Å². The number of para-hydroxylation sites is 1. The molecular weight excluding hydrogens is 304 g/mol. The summed E-state index contributed by atoms with van der Waals surface area (Å²) < 4.78 is 39.3. The van der Waals surface area contributed by atoms with Crippen LogP contribution in [0.25, 0.3) is 0 Å². The van der Waals surface area contributed by atoms with Gasteiger partial charge in [0.05, 0.1) is 0 Å². The van der Waals surface area contributed by atoms with Crippen LogP contribution in [0.5, 0.6) is 5.75 Å². The van der Waals surface area contributed by atoms with Gasteiger partial charge in [-0.2, -0.15) is 8.42 Å². The molecule has 0 saturated carbocycles. The van der Waals surface area contributed by atoms with E-state index in [-0.39, 0.29) is 19.1 Å². The van der Waals surface area contributed by atoms with Crippen molar-refractivity contribution in [1.29, 1.82) is 0 Å². The Morgan fingerprint density at radius 3 is 2.32 bits per heavy atom. The fraction of sp³-hybridized carbons (Fsp3) is 0.250. The first-order chi connectivity index (χ1) is 10.5. The molecule has 1 N–H and O–H groups in total. The predicted molar refractivity (Wildman–Crippen MR) is 83.4 cm³/mol. The molecule has 0 fully saturated rings. The van der Waals surface area contributed by atoms with Gasteiger partial charge in [0.2, 0.25) is 0 Å². The molecular formula is C16H18O5S. The first kappa shape index (κ1) is 16.5. The minimum atomic E-state index is -4.43. The Morgan fingerprint density at radius 2 is 1.64 bits per heavy atom. The number of ether oxygens (including phenoxy) is 1. The maximum atomic E-state index is 10.5. The van der Waals surface area contributed by atoms with Crippen LogP contribution in [0.3, 0.4) is 0 Å². The summed E-state index contributed by atoms with van der Waals surface area (Å²) in [5.41, 5.74) is 2.16. The molecule has 2 aromatic carbocycles. The molecule has 0 aliphatic rings. The zero-order chi connectivity index (χ0) is 16.0. The van der Waals surface area contributed by atoms with Crippen molar-refractivity contribution in [2.75, 3.05) is 13.2 Å². The van der Waals surface area contributed by atoms with Crippen LogP contribution in [-0.2, 0) is 14.6 Å². The van der Waals surface area contributed by atoms with Gasteiger partial charge < -0.3 is 4.74 Å². The van der Waals surface area contributed by atoms with Gasteiger partial charge in [0.25, 0.3) is 0 Å². The molecule has 22 heavy (non-hydrogen) atoms. The summed E-state index contributed by atoms with van der Waals surface area (Å²) in [6.07, 6.45) is 0. The number of hydrogen-bond acceptors (Lipinski definition) is 4. The topological polar surface area (TPSA) is 72.8 Å². The number of rotatable bonds is 7. The highest BCUT2D eigenvalue weighted by molar-refractivity contribution is 7.80. The molecule has 0 spiro atoms. The largest absolute Gasteiger partial charge is 0.491 e. The van der Waals surface area contributed by atoms with Gasteiger partial charge in [-0.05, 0) is 11.6 Å². The van der Waals surface area contributed by atoms with E-state index in [2.05, 4.69) is 11.1 Å². The van der Waals surface area contributed by atoms with E-state index in [0.29, 0.717) is 5.75 Å². The zero-order valence-electron chi connectivity index (χ0n) is 12.2. The second-order valence-corrected chi connectivity index (χ2v) is 5.86. The zero-order valence-corrected chi connectivity index (χ0v) is 13.0. The van der Waals surface area contributed by atoms with Crippen molar-refractivity contribution in [3.05, 3.63) is 65.7 Å². The van der Waals surface area contributed by atoms with Gasteiger partial charge in [-0.15, -0.1) is 0 Å². The third-order valence-electron chi connectivity index (χ3n) is 3.26. The fourth-order valence-corrected chi connectivity index (χ4v) is 2.46. The van der Waals surface area contributed by atoms with Gasteiger partial charge in [0.15, 0.2) is 0 Å². The SMILES string of the molecule is CC(c1ccccc1)c1ccccc1OCCOS(=O)(=O)O. The van der Waals surface area contributed by atoms with Crippen molar-refractivity contribution in [1.82, 2.24) is 0 Å². The van der Waals surface area contributed by atoms with E-state index in [1.54, 1.807) is 0 Å². The highest BCUT2D eigenvalue weighted by Crippen LogP contribution is 2.31. The van der Waals surface area contributed by atoms with E-state index in [1.165, 1.54) is 0 Å². The third kappa shape index (κ3) is 4.84. The number of benzene rings is 2. The predicted octanol–water partition coefficient (Wildman–Crippen LogP) is 3.04. The molecule has 0 saturated heterocycles. The molecule has 0 bridgehead atoms. The molecule has 5 nitrogen and oxygen atoms in total. The molecule has 0 aliphatic heterocycles.